The van der Waals surface area contributed by atoms with Gasteiger partial charge in [0.05, 0.1) is 17.0 Å². The molecule has 1 aliphatic rings. The number of pyridine rings is 1. The first-order chi connectivity index (χ1) is 17.8. The van der Waals surface area contributed by atoms with E-state index in [-0.39, 0.29) is 34.1 Å². The van der Waals surface area contributed by atoms with Gasteiger partial charge in [-0.25, -0.2) is 9.97 Å². The first kappa shape index (κ1) is 26.8. The highest BCUT2D eigenvalue weighted by Gasteiger charge is 2.24. The molecular weight excluding hydrogens is 474 g/mol. The van der Waals surface area contributed by atoms with Gasteiger partial charge < -0.3 is 21.1 Å². The number of carbonyl (C=O) groups excluding carboxylic acids is 2. The van der Waals surface area contributed by atoms with E-state index < -0.39 is 5.91 Å². The van der Waals surface area contributed by atoms with E-state index >= 15 is 0 Å². The van der Waals surface area contributed by atoms with Gasteiger partial charge in [0, 0.05) is 67.2 Å². The Morgan fingerprint density at radius 1 is 1.24 bits per heavy atom. The Kier molecular flexibility index (Phi) is 8.87. The second-order valence-electron chi connectivity index (χ2n) is 8.36. The lowest BCUT2D eigenvalue weighted by molar-refractivity contribution is -0.119. The van der Waals surface area contributed by atoms with Crippen molar-refractivity contribution in [1.82, 2.24) is 19.4 Å². The highest BCUT2D eigenvalue weighted by Crippen LogP contribution is 2.30. The van der Waals surface area contributed by atoms with Crippen LogP contribution in [0.5, 0.6) is 5.75 Å². The fourth-order valence-electron chi connectivity index (χ4n) is 3.88. The van der Waals surface area contributed by atoms with E-state index in [0.717, 1.165) is 19.3 Å². The zero-order chi connectivity index (χ0) is 26.9. The molecule has 3 aromatic rings. The smallest absolute Gasteiger partial charge is 0.250 e. The van der Waals surface area contributed by atoms with E-state index in [1.54, 1.807) is 15.5 Å². The first-order valence-electron chi connectivity index (χ1n) is 11.6. The molecule has 0 spiro atoms. The van der Waals surface area contributed by atoms with E-state index in [0.29, 0.717) is 30.3 Å². The average Bonchev–Trinajstić information content (AvgIpc) is 2.90. The van der Waals surface area contributed by atoms with E-state index in [1.807, 2.05) is 6.92 Å². The van der Waals surface area contributed by atoms with Gasteiger partial charge in [0.1, 0.15) is 5.75 Å². The highest BCUT2D eigenvalue weighted by molar-refractivity contribution is 6.16. The lowest BCUT2D eigenvalue weighted by atomic mass is 9.96. The van der Waals surface area contributed by atoms with Gasteiger partial charge in [-0.15, -0.1) is 6.58 Å². The Balaban J connectivity index is 0.00000121. The number of primary amides is 1. The van der Waals surface area contributed by atoms with Crippen molar-refractivity contribution in [1.29, 1.82) is 5.41 Å². The molecule has 0 aliphatic carbocycles. The molecule has 1 aromatic carbocycles. The summed E-state index contributed by atoms with van der Waals surface area (Å²) in [6, 6.07) is 5.22. The molecule has 3 heterocycles. The normalized spacial score (nSPS) is 14.6. The zero-order valence-corrected chi connectivity index (χ0v) is 20.4. The summed E-state index contributed by atoms with van der Waals surface area (Å²) in [5, 5.41) is 22.2. The summed E-state index contributed by atoms with van der Waals surface area (Å²) in [5.41, 5.74) is 6.32. The predicted octanol–water partition coefficient (Wildman–Crippen LogP) is 2.07. The van der Waals surface area contributed by atoms with E-state index in [1.165, 1.54) is 49.1 Å². The van der Waals surface area contributed by atoms with Crippen LogP contribution in [0.4, 0.5) is 5.69 Å². The molecule has 0 bridgehead atoms. The molecule has 2 amide bonds. The van der Waals surface area contributed by atoms with E-state index in [2.05, 4.69) is 21.9 Å². The fraction of sp³-hybridized carbons (Fsp3) is 0.231. The lowest BCUT2D eigenvalue weighted by Gasteiger charge is -2.32. The lowest BCUT2D eigenvalue weighted by Crippen LogP contribution is -2.41. The Labute approximate surface area is 213 Å². The number of hydrogen-bond donors (Lipinski definition) is 4. The molecule has 11 nitrogen and oxygen atoms in total. The Bertz CT molecular complexity index is 1330. The number of benzene rings is 1. The number of aromatic hydroxyl groups is 1. The fourth-order valence-corrected chi connectivity index (χ4v) is 3.88. The van der Waals surface area contributed by atoms with Crippen LogP contribution < -0.4 is 16.5 Å². The van der Waals surface area contributed by atoms with Crippen LogP contribution >= 0.6 is 0 Å². The summed E-state index contributed by atoms with van der Waals surface area (Å²) in [7, 11) is 0. The SMILES string of the molecule is C=CC.N=C(c1cnc(-n2ccc(=O)cc2)nc1)c1cc(O)cc(C(N)=O)c1NC1CCCN(C=O)C1. The van der Waals surface area contributed by atoms with Crippen LogP contribution in [0.2, 0.25) is 0 Å². The van der Waals surface area contributed by atoms with Gasteiger partial charge in [-0.1, -0.05) is 6.08 Å². The number of likely N-dealkylation sites (tertiary alicyclic amines) is 1. The van der Waals surface area contributed by atoms with Gasteiger partial charge in [0.2, 0.25) is 12.4 Å². The Morgan fingerprint density at radius 2 is 1.86 bits per heavy atom. The number of nitrogens with zero attached hydrogens (tertiary/aromatic N) is 4. The molecule has 1 atom stereocenters. The molecule has 1 saturated heterocycles. The number of phenols is 1. The number of allylic oxidation sites excluding steroid dienone is 1. The second-order valence-corrected chi connectivity index (χ2v) is 8.36. The molecule has 37 heavy (non-hydrogen) atoms. The van der Waals surface area contributed by atoms with Crippen molar-refractivity contribution in [3.63, 3.8) is 0 Å². The maximum atomic E-state index is 12.2. The molecule has 0 saturated carbocycles. The maximum Gasteiger partial charge on any atom is 0.250 e. The molecule has 11 heteroatoms. The Morgan fingerprint density at radius 3 is 2.46 bits per heavy atom. The highest BCUT2D eigenvalue weighted by atomic mass is 16.3. The van der Waals surface area contributed by atoms with Crippen LogP contribution in [0, 0.1) is 5.41 Å². The molecular formula is C26H29N7O4. The summed E-state index contributed by atoms with van der Waals surface area (Å²) in [6.07, 6.45) is 10.0. The second kappa shape index (κ2) is 12.2. The molecule has 1 unspecified atom stereocenters. The molecule has 1 fully saturated rings. The van der Waals surface area contributed by atoms with Crippen LogP contribution in [0.3, 0.4) is 0 Å². The summed E-state index contributed by atoms with van der Waals surface area (Å²) in [4.78, 5) is 44.8. The Hall–Kier alpha value is -4.80. The third-order valence-corrected chi connectivity index (χ3v) is 5.56. The van der Waals surface area contributed by atoms with Crippen molar-refractivity contribution in [2.24, 2.45) is 5.73 Å². The van der Waals surface area contributed by atoms with Gasteiger partial charge in [-0.2, -0.15) is 0 Å². The summed E-state index contributed by atoms with van der Waals surface area (Å²) in [6.45, 7) is 6.34. The van der Waals surface area contributed by atoms with Gasteiger partial charge in [0.15, 0.2) is 5.43 Å². The summed E-state index contributed by atoms with van der Waals surface area (Å²) in [5.74, 6) is -0.678. The van der Waals surface area contributed by atoms with Gasteiger partial charge in [0.25, 0.3) is 5.91 Å². The van der Waals surface area contributed by atoms with Crippen molar-refractivity contribution < 1.29 is 14.7 Å². The number of nitrogens with two attached hydrogens (primary N) is 1. The molecule has 0 radical (unpaired) electrons. The largest absolute Gasteiger partial charge is 0.508 e. The standard InChI is InChI=1S/C23H23N7O4.C3H6/c24-20(14-10-26-23(27-11-14)30-6-3-16(32)4-7-30)18-8-17(33)9-19(22(25)34)21(18)28-15-2-1-5-29(12-15)13-31;1-3-2/h3-4,6-11,13,15,24,28,33H,1-2,5,12H2,(H2,25,34);3H,1H2,2H3. The number of phenolic OH excluding ortho intramolecular Hbond substituents is 1. The van der Waals surface area contributed by atoms with Crippen molar-refractivity contribution in [2.45, 2.75) is 25.8 Å². The summed E-state index contributed by atoms with van der Waals surface area (Å²) < 4.78 is 1.56. The minimum atomic E-state index is -0.764. The van der Waals surface area contributed by atoms with Gasteiger partial charge in [-0.3, -0.25) is 24.4 Å². The van der Waals surface area contributed by atoms with Crippen LogP contribution in [0.25, 0.3) is 5.95 Å². The van der Waals surface area contributed by atoms with Crippen molar-refractivity contribution in [2.75, 3.05) is 18.4 Å². The third kappa shape index (κ3) is 6.66. The van der Waals surface area contributed by atoms with E-state index in [4.69, 9.17) is 11.1 Å². The number of piperidine rings is 1. The quantitative estimate of drug-likeness (QED) is 0.166. The molecule has 4 rings (SSSR count). The van der Waals surface area contributed by atoms with Gasteiger partial charge >= 0.3 is 0 Å². The maximum absolute atomic E-state index is 12.2. The third-order valence-electron chi connectivity index (χ3n) is 5.56. The number of aromatic nitrogens is 3. The minimum absolute atomic E-state index is 0.0320. The van der Waals surface area contributed by atoms with Crippen molar-refractivity contribution in [3.8, 4) is 11.7 Å². The molecule has 192 valence electrons. The van der Waals surface area contributed by atoms with Crippen LogP contribution in [0.1, 0.15) is 41.3 Å². The molecule has 5 N–H and O–H groups in total. The molecule has 2 aromatic heterocycles. The number of hydrogen-bond acceptors (Lipinski definition) is 8. The number of nitrogens with one attached hydrogen (secondary N) is 2. The number of rotatable bonds is 7. The van der Waals surface area contributed by atoms with E-state index in [9.17, 15) is 19.5 Å². The van der Waals surface area contributed by atoms with Crippen LogP contribution in [-0.4, -0.2) is 61.7 Å². The van der Waals surface area contributed by atoms with Crippen LogP contribution in [-0.2, 0) is 4.79 Å². The zero-order valence-electron chi connectivity index (χ0n) is 20.4. The van der Waals surface area contributed by atoms with Gasteiger partial charge in [-0.05, 0) is 31.9 Å². The number of anilines is 1. The van der Waals surface area contributed by atoms with Crippen molar-refractivity contribution >= 4 is 23.7 Å². The summed E-state index contributed by atoms with van der Waals surface area (Å²) >= 11 is 0. The number of amides is 2. The minimum Gasteiger partial charge on any atom is -0.508 e. The van der Waals surface area contributed by atoms with Crippen molar-refractivity contribution in [3.05, 3.63) is 88.6 Å². The molecule has 1 aliphatic heterocycles. The monoisotopic (exact) mass is 503 g/mol. The topological polar surface area (TPSA) is 167 Å². The van der Waals surface area contributed by atoms with Crippen LogP contribution in [0.15, 0.2) is 66.5 Å². The number of carbonyl (C=O) groups is 2. The average molecular weight is 504 g/mol. The predicted molar refractivity (Wildman–Crippen MR) is 140 cm³/mol. The first-order valence-corrected chi connectivity index (χ1v) is 11.6.